The molecule has 2 heterocycles. The van der Waals surface area contributed by atoms with Crippen molar-refractivity contribution in [3.05, 3.63) is 28.0 Å². The largest absolute Gasteiger partial charge is 0.442 e. The van der Waals surface area contributed by atoms with Gasteiger partial charge in [0.1, 0.15) is 17.5 Å². The highest BCUT2D eigenvalue weighted by atomic mass is 16.3. The molecule has 2 aromatic heterocycles. The van der Waals surface area contributed by atoms with Crippen LogP contribution >= 0.6 is 0 Å². The van der Waals surface area contributed by atoms with Gasteiger partial charge in [0, 0.05) is 27.2 Å². The Morgan fingerprint density at radius 1 is 1.55 bits per heavy atom. The minimum atomic E-state index is -0.280. The van der Waals surface area contributed by atoms with Crippen LogP contribution in [0, 0.1) is 6.92 Å². The molecule has 0 saturated heterocycles. The van der Waals surface area contributed by atoms with Crippen LogP contribution in [-0.4, -0.2) is 47.5 Å². The van der Waals surface area contributed by atoms with Crippen LogP contribution in [0.3, 0.4) is 0 Å². The van der Waals surface area contributed by atoms with Crippen molar-refractivity contribution in [2.24, 2.45) is 7.05 Å². The van der Waals surface area contributed by atoms with Gasteiger partial charge in [-0.15, -0.1) is 0 Å². The Bertz CT molecular complexity index is 701. The number of rotatable bonds is 4. The monoisotopic (exact) mass is 278 g/mol. The molecule has 0 aliphatic rings. The van der Waals surface area contributed by atoms with Gasteiger partial charge in [-0.1, -0.05) is 0 Å². The van der Waals surface area contributed by atoms with Gasteiger partial charge in [-0.3, -0.25) is 9.59 Å². The second-order valence-electron chi connectivity index (χ2n) is 4.70. The number of nitrogens with zero attached hydrogens (tertiary/aromatic N) is 3. The summed E-state index contributed by atoms with van der Waals surface area (Å²) >= 11 is 0. The first-order chi connectivity index (χ1) is 9.47. The fourth-order valence-electron chi connectivity index (χ4n) is 2.02. The number of amides is 1. The number of hydrogen-bond acceptors (Lipinski definition) is 5. The number of furan rings is 1. The molecule has 0 fully saturated rings. The van der Waals surface area contributed by atoms with Crippen molar-refractivity contribution in [1.82, 2.24) is 19.8 Å². The Hall–Kier alpha value is -2.15. The molecule has 0 spiro atoms. The van der Waals surface area contributed by atoms with Crippen molar-refractivity contribution in [1.29, 1.82) is 0 Å². The lowest BCUT2D eigenvalue weighted by Gasteiger charge is -2.16. The van der Waals surface area contributed by atoms with E-state index in [0.717, 1.165) is 0 Å². The molecule has 0 aromatic carbocycles. The first-order valence-corrected chi connectivity index (χ1v) is 6.32. The van der Waals surface area contributed by atoms with Gasteiger partial charge in [-0.2, -0.15) is 0 Å². The average molecular weight is 278 g/mol. The molecule has 0 unspecified atom stereocenters. The normalized spacial score (nSPS) is 11.0. The van der Waals surface area contributed by atoms with Crippen molar-refractivity contribution in [2.45, 2.75) is 6.92 Å². The smallest absolute Gasteiger partial charge is 0.265 e. The Kier molecular flexibility index (Phi) is 3.89. The van der Waals surface area contributed by atoms with Crippen LogP contribution in [0.5, 0.6) is 0 Å². The SMILES string of the molecule is CNCCN(C)C(=O)c1c(C)oc2ncn(C)c(=O)c12. The zero-order chi connectivity index (χ0) is 14.9. The van der Waals surface area contributed by atoms with Crippen molar-refractivity contribution in [3.63, 3.8) is 0 Å². The lowest BCUT2D eigenvalue weighted by molar-refractivity contribution is 0.0796. The zero-order valence-electron chi connectivity index (χ0n) is 12.1. The molecule has 2 aromatic rings. The predicted molar refractivity (Wildman–Crippen MR) is 74.9 cm³/mol. The summed E-state index contributed by atoms with van der Waals surface area (Å²) in [5, 5.41) is 3.22. The Labute approximate surface area is 116 Å². The number of carbonyl (C=O) groups is 1. The van der Waals surface area contributed by atoms with Gasteiger partial charge in [0.15, 0.2) is 0 Å². The maximum absolute atomic E-state index is 12.5. The maximum atomic E-state index is 12.5. The van der Waals surface area contributed by atoms with E-state index >= 15 is 0 Å². The van der Waals surface area contributed by atoms with E-state index in [1.165, 1.54) is 10.9 Å². The van der Waals surface area contributed by atoms with Gasteiger partial charge >= 0.3 is 0 Å². The maximum Gasteiger partial charge on any atom is 0.265 e. The molecule has 0 saturated carbocycles. The number of aryl methyl sites for hydroxylation is 2. The van der Waals surface area contributed by atoms with Crippen LogP contribution in [0.25, 0.3) is 11.1 Å². The van der Waals surface area contributed by atoms with E-state index in [9.17, 15) is 9.59 Å². The predicted octanol–water partition coefficient (Wildman–Crippen LogP) is 0.126. The Morgan fingerprint density at radius 2 is 2.25 bits per heavy atom. The molecule has 0 aliphatic carbocycles. The van der Waals surface area contributed by atoms with Gasteiger partial charge in [-0.05, 0) is 14.0 Å². The van der Waals surface area contributed by atoms with Gasteiger partial charge in [-0.25, -0.2) is 4.98 Å². The van der Waals surface area contributed by atoms with Gasteiger partial charge < -0.3 is 19.2 Å². The number of likely N-dealkylation sites (N-methyl/N-ethyl adjacent to an activating group) is 2. The molecular formula is C13H18N4O3. The van der Waals surface area contributed by atoms with Crippen LogP contribution in [0.2, 0.25) is 0 Å². The average Bonchev–Trinajstić information content (AvgIpc) is 2.76. The topological polar surface area (TPSA) is 80.4 Å². The fraction of sp³-hybridized carbons (Fsp3) is 0.462. The van der Waals surface area contributed by atoms with Crippen molar-refractivity contribution in [3.8, 4) is 0 Å². The molecular weight excluding hydrogens is 260 g/mol. The third kappa shape index (κ3) is 2.32. The van der Waals surface area contributed by atoms with Crippen molar-refractivity contribution < 1.29 is 9.21 Å². The van der Waals surface area contributed by atoms with Gasteiger partial charge in [0.25, 0.3) is 11.5 Å². The quantitative estimate of drug-likeness (QED) is 0.859. The Balaban J connectivity index is 2.54. The number of carbonyl (C=O) groups excluding carboxylic acids is 1. The summed E-state index contributed by atoms with van der Waals surface area (Å²) in [5.74, 6) is 0.179. The standard InChI is InChI=1S/C13H18N4O3/c1-8-9(12(18)16(3)6-5-14-2)10-11(20-8)15-7-17(4)13(10)19/h7,14H,5-6H2,1-4H3. The van der Waals surface area contributed by atoms with E-state index in [4.69, 9.17) is 4.42 Å². The molecule has 108 valence electrons. The molecule has 1 N–H and O–H groups in total. The van der Waals surface area contributed by atoms with Crippen molar-refractivity contribution in [2.75, 3.05) is 27.2 Å². The number of hydrogen-bond donors (Lipinski definition) is 1. The number of fused-ring (bicyclic) bond motifs is 1. The summed E-state index contributed by atoms with van der Waals surface area (Å²) in [6.45, 7) is 2.88. The van der Waals surface area contributed by atoms with Crippen LogP contribution in [0.1, 0.15) is 16.1 Å². The van der Waals surface area contributed by atoms with E-state index in [-0.39, 0.29) is 22.6 Å². The zero-order valence-corrected chi connectivity index (χ0v) is 12.1. The summed E-state index contributed by atoms with van der Waals surface area (Å²) in [4.78, 5) is 30.3. The highest BCUT2D eigenvalue weighted by Gasteiger charge is 2.24. The van der Waals surface area contributed by atoms with E-state index < -0.39 is 0 Å². The molecule has 7 nitrogen and oxygen atoms in total. The third-order valence-electron chi connectivity index (χ3n) is 3.21. The van der Waals surface area contributed by atoms with E-state index in [1.54, 1.807) is 25.9 Å². The molecule has 0 bridgehead atoms. The van der Waals surface area contributed by atoms with Gasteiger partial charge in [0.05, 0.1) is 5.56 Å². The van der Waals surface area contributed by atoms with Crippen LogP contribution < -0.4 is 10.9 Å². The molecule has 1 amide bonds. The number of aromatic nitrogens is 2. The lowest BCUT2D eigenvalue weighted by Crippen LogP contribution is -2.33. The minimum Gasteiger partial charge on any atom is -0.442 e. The second-order valence-corrected chi connectivity index (χ2v) is 4.70. The highest BCUT2D eigenvalue weighted by molar-refractivity contribution is 6.06. The first kappa shape index (κ1) is 14.3. The Morgan fingerprint density at radius 3 is 2.90 bits per heavy atom. The molecule has 7 heteroatoms. The molecule has 20 heavy (non-hydrogen) atoms. The molecule has 0 radical (unpaired) electrons. The van der Waals surface area contributed by atoms with Gasteiger partial charge in [0.2, 0.25) is 5.71 Å². The minimum absolute atomic E-state index is 0.205. The highest BCUT2D eigenvalue weighted by Crippen LogP contribution is 2.21. The second kappa shape index (κ2) is 5.46. The summed E-state index contributed by atoms with van der Waals surface area (Å²) in [6, 6.07) is 0. The third-order valence-corrected chi connectivity index (χ3v) is 3.21. The van der Waals surface area contributed by atoms with Crippen LogP contribution in [-0.2, 0) is 7.05 Å². The van der Waals surface area contributed by atoms with Crippen LogP contribution in [0.15, 0.2) is 15.5 Å². The fourth-order valence-corrected chi connectivity index (χ4v) is 2.02. The van der Waals surface area contributed by atoms with E-state index in [2.05, 4.69) is 10.3 Å². The molecule has 0 atom stereocenters. The van der Waals surface area contributed by atoms with Crippen LogP contribution in [0.4, 0.5) is 0 Å². The molecule has 2 rings (SSSR count). The summed E-state index contributed by atoms with van der Waals surface area (Å²) in [5.41, 5.74) is 0.223. The summed E-state index contributed by atoms with van der Waals surface area (Å²) in [7, 11) is 5.10. The number of nitrogens with one attached hydrogen (secondary N) is 1. The summed E-state index contributed by atoms with van der Waals surface area (Å²) < 4.78 is 6.76. The van der Waals surface area contributed by atoms with Crippen molar-refractivity contribution >= 4 is 17.0 Å². The summed E-state index contributed by atoms with van der Waals surface area (Å²) in [6.07, 6.45) is 1.38. The molecule has 0 aliphatic heterocycles. The lowest BCUT2D eigenvalue weighted by atomic mass is 10.1. The first-order valence-electron chi connectivity index (χ1n) is 6.32. The van der Waals surface area contributed by atoms with E-state index in [0.29, 0.717) is 24.4 Å². The van der Waals surface area contributed by atoms with E-state index in [1.807, 2.05) is 7.05 Å².